The van der Waals surface area contributed by atoms with E-state index in [0.717, 1.165) is 42.8 Å². The number of carbonyl (C=O) groups is 1. The van der Waals surface area contributed by atoms with E-state index >= 15 is 0 Å². The first-order chi connectivity index (χ1) is 19.3. The molecule has 1 saturated heterocycles. The number of hydrogen-bond acceptors (Lipinski definition) is 5. The minimum atomic E-state index is -2.70. The van der Waals surface area contributed by atoms with Crippen molar-refractivity contribution in [2.45, 2.75) is 70.4 Å². The van der Waals surface area contributed by atoms with Gasteiger partial charge in [0, 0.05) is 37.9 Å². The average Bonchev–Trinajstić information content (AvgIpc) is 3.18. The molecule has 1 aliphatic heterocycles. The molecule has 0 radical (unpaired) electrons. The predicted molar refractivity (Wildman–Crippen MR) is 153 cm³/mol. The number of fused-ring (bicyclic) bond motifs is 1. The molecule has 1 saturated carbocycles. The molecule has 2 fully saturated rings. The van der Waals surface area contributed by atoms with Crippen LogP contribution in [0.5, 0.6) is 0 Å². The topological polar surface area (TPSA) is 90.0 Å². The van der Waals surface area contributed by atoms with Gasteiger partial charge in [-0.25, -0.2) is 8.78 Å². The van der Waals surface area contributed by atoms with Crippen LogP contribution in [0, 0.1) is 16.7 Å². The summed E-state index contributed by atoms with van der Waals surface area (Å²) >= 11 is 0. The molecule has 0 aromatic carbocycles. The van der Waals surface area contributed by atoms with Crippen molar-refractivity contribution in [3.05, 3.63) is 76.2 Å². The van der Waals surface area contributed by atoms with E-state index in [1.165, 1.54) is 23.9 Å². The van der Waals surface area contributed by atoms with E-state index in [0.29, 0.717) is 44.6 Å². The molecule has 2 aliphatic rings. The Kier molecular flexibility index (Phi) is 9.64. The summed E-state index contributed by atoms with van der Waals surface area (Å²) in [5, 5.41) is 13.3. The summed E-state index contributed by atoms with van der Waals surface area (Å²) < 4.78 is 28.4. The predicted octanol–water partition coefficient (Wildman–Crippen LogP) is 5.31. The summed E-state index contributed by atoms with van der Waals surface area (Å²) in [6, 6.07) is 9.67. The molecule has 7 nitrogen and oxygen atoms in total. The van der Waals surface area contributed by atoms with Crippen molar-refractivity contribution >= 4 is 17.1 Å². The Balaban J connectivity index is 1.60. The van der Waals surface area contributed by atoms with Gasteiger partial charge >= 0.3 is 0 Å². The van der Waals surface area contributed by atoms with Crippen molar-refractivity contribution in [1.82, 2.24) is 14.6 Å². The van der Waals surface area contributed by atoms with Gasteiger partial charge in [0.2, 0.25) is 0 Å². The number of nitrogens with one attached hydrogen (secondary N) is 1. The van der Waals surface area contributed by atoms with Crippen molar-refractivity contribution in [1.29, 1.82) is 5.26 Å². The number of halogens is 2. The van der Waals surface area contributed by atoms with Crippen LogP contribution >= 0.6 is 0 Å². The van der Waals surface area contributed by atoms with Gasteiger partial charge in [-0.1, -0.05) is 38.0 Å². The van der Waals surface area contributed by atoms with Gasteiger partial charge in [0.05, 0.1) is 17.3 Å². The molecule has 1 aliphatic carbocycles. The lowest BCUT2D eigenvalue weighted by Crippen LogP contribution is -2.39. The van der Waals surface area contributed by atoms with Crippen LogP contribution in [0.1, 0.15) is 67.3 Å². The van der Waals surface area contributed by atoms with Gasteiger partial charge in [-0.05, 0) is 68.5 Å². The molecular formula is C31H37F2N5O2. The molecule has 212 valence electrons. The summed E-state index contributed by atoms with van der Waals surface area (Å²) in [5.74, 6) is -0.344. The van der Waals surface area contributed by atoms with Gasteiger partial charge in [0.25, 0.3) is 17.9 Å². The molecule has 2 aromatic heterocycles. The number of nitriles is 1. The number of rotatable bonds is 8. The van der Waals surface area contributed by atoms with Gasteiger partial charge < -0.3 is 5.32 Å². The quantitative estimate of drug-likeness (QED) is 0.357. The van der Waals surface area contributed by atoms with Crippen LogP contribution in [-0.4, -0.2) is 53.5 Å². The molecule has 1 N–H and O–H groups in total. The minimum Gasteiger partial charge on any atom is -0.349 e. The Morgan fingerprint density at radius 1 is 1.25 bits per heavy atom. The second-order valence-corrected chi connectivity index (χ2v) is 10.7. The van der Waals surface area contributed by atoms with Crippen molar-refractivity contribution in [3.8, 4) is 6.07 Å². The average molecular weight is 550 g/mol. The zero-order valence-electron chi connectivity index (χ0n) is 23.0. The molecule has 1 amide bonds. The third-order valence-electron chi connectivity index (χ3n) is 8.20. The summed E-state index contributed by atoms with van der Waals surface area (Å²) in [6.45, 7) is 5.15. The molecule has 0 bridgehead atoms. The zero-order valence-corrected chi connectivity index (χ0v) is 23.0. The highest BCUT2D eigenvalue weighted by molar-refractivity contribution is 6.02. The van der Waals surface area contributed by atoms with Gasteiger partial charge in [-0.3, -0.25) is 23.9 Å². The van der Waals surface area contributed by atoms with E-state index in [2.05, 4.69) is 27.9 Å². The first-order valence-electron chi connectivity index (χ1n) is 14.0. The number of allylic oxidation sites excluding steroid dienone is 3. The van der Waals surface area contributed by atoms with Crippen LogP contribution in [0.3, 0.4) is 0 Å². The second-order valence-electron chi connectivity index (χ2n) is 10.7. The minimum absolute atomic E-state index is 0.0837. The van der Waals surface area contributed by atoms with Gasteiger partial charge in [0.1, 0.15) is 11.0 Å². The Morgan fingerprint density at radius 2 is 2.02 bits per heavy atom. The van der Waals surface area contributed by atoms with E-state index in [-0.39, 0.29) is 28.6 Å². The Morgan fingerprint density at radius 3 is 2.70 bits per heavy atom. The standard InChI is InChI=1S/C31H37F2N5O2/c1-3-22(28(32)33)19-27(35-2)31(21-34)13-9-15-37(17-14-31)20-23-18-25(29(39)36-24-10-5-4-6-11-24)30(40)38-16-8-7-12-26(23)38/h3,7-8,12,16,18-19,24,28H,1,4-6,9-11,13-15,17,20H2,2H3,(H,36,39)/b22-19+,35-27?. The maximum atomic E-state index is 13.4. The van der Waals surface area contributed by atoms with Crippen LogP contribution in [0.15, 0.2) is 64.6 Å². The molecule has 40 heavy (non-hydrogen) atoms. The second kappa shape index (κ2) is 13.1. The maximum absolute atomic E-state index is 13.4. The first kappa shape index (κ1) is 29.3. The Hall–Kier alpha value is -3.64. The van der Waals surface area contributed by atoms with Gasteiger partial charge in [-0.15, -0.1) is 0 Å². The van der Waals surface area contributed by atoms with E-state index in [1.54, 1.807) is 18.3 Å². The number of hydrogen-bond donors (Lipinski definition) is 1. The lowest BCUT2D eigenvalue weighted by atomic mass is 9.77. The van der Waals surface area contributed by atoms with E-state index in [4.69, 9.17) is 0 Å². The lowest BCUT2D eigenvalue weighted by molar-refractivity contribution is 0.0925. The number of amides is 1. The molecule has 0 spiro atoms. The summed E-state index contributed by atoms with van der Waals surface area (Å²) in [5.41, 5.74) is 0.438. The third-order valence-corrected chi connectivity index (χ3v) is 8.20. The fourth-order valence-electron chi connectivity index (χ4n) is 5.92. The van der Waals surface area contributed by atoms with Crippen LogP contribution in [-0.2, 0) is 6.54 Å². The zero-order chi connectivity index (χ0) is 28.7. The van der Waals surface area contributed by atoms with Crippen molar-refractivity contribution in [2.75, 3.05) is 20.1 Å². The third kappa shape index (κ3) is 6.39. The van der Waals surface area contributed by atoms with Crippen LogP contribution in [0.2, 0.25) is 0 Å². The number of aromatic nitrogens is 1. The van der Waals surface area contributed by atoms with Crippen molar-refractivity contribution in [3.63, 3.8) is 0 Å². The SMILES string of the molecule is C=C/C(=C\C(=NC)C1(C#N)CCCN(Cc2cc(C(=O)NC3CCCCC3)c(=O)n3ccccc23)CC1)C(F)F. The molecular weight excluding hydrogens is 512 g/mol. The van der Waals surface area contributed by atoms with Gasteiger partial charge in [0.15, 0.2) is 0 Å². The van der Waals surface area contributed by atoms with Crippen LogP contribution in [0.25, 0.3) is 5.52 Å². The largest absolute Gasteiger partial charge is 0.349 e. The molecule has 1 atom stereocenters. The molecule has 1 unspecified atom stereocenters. The van der Waals surface area contributed by atoms with Crippen molar-refractivity contribution in [2.24, 2.45) is 10.4 Å². The summed E-state index contributed by atoms with van der Waals surface area (Å²) in [6.07, 6.45) is 8.11. The maximum Gasteiger partial charge on any atom is 0.267 e. The number of carbonyl (C=O) groups excluding carboxylic acids is 1. The fraction of sp³-hybridized carbons (Fsp3) is 0.484. The number of alkyl halides is 2. The monoisotopic (exact) mass is 549 g/mol. The summed E-state index contributed by atoms with van der Waals surface area (Å²) in [4.78, 5) is 32.9. The number of pyridine rings is 2. The highest BCUT2D eigenvalue weighted by Crippen LogP contribution is 2.35. The lowest BCUT2D eigenvalue weighted by Gasteiger charge is -2.26. The molecule has 2 aromatic rings. The Labute approximate surface area is 233 Å². The van der Waals surface area contributed by atoms with Crippen molar-refractivity contribution < 1.29 is 13.6 Å². The smallest absolute Gasteiger partial charge is 0.267 e. The van der Waals surface area contributed by atoms with Crippen LogP contribution < -0.4 is 10.9 Å². The van der Waals surface area contributed by atoms with Gasteiger partial charge in [-0.2, -0.15) is 5.26 Å². The number of likely N-dealkylation sites (tertiary alicyclic amines) is 1. The first-order valence-corrected chi connectivity index (χ1v) is 14.0. The highest BCUT2D eigenvalue weighted by atomic mass is 19.3. The molecule has 3 heterocycles. The Bertz CT molecular complexity index is 1400. The normalized spacial score (nSPS) is 21.7. The fourth-order valence-corrected chi connectivity index (χ4v) is 5.92. The number of nitrogens with zero attached hydrogens (tertiary/aromatic N) is 4. The molecule has 4 rings (SSSR count). The van der Waals surface area contributed by atoms with Crippen LogP contribution in [0.4, 0.5) is 8.78 Å². The number of aliphatic imine (C=N–C) groups is 1. The molecule has 9 heteroatoms. The van der Waals surface area contributed by atoms with E-state index in [1.807, 2.05) is 12.1 Å². The van der Waals surface area contributed by atoms with E-state index in [9.17, 15) is 23.6 Å². The van der Waals surface area contributed by atoms with E-state index < -0.39 is 11.8 Å². The highest BCUT2D eigenvalue weighted by Gasteiger charge is 2.37. The summed E-state index contributed by atoms with van der Waals surface area (Å²) in [7, 11) is 1.52.